The van der Waals surface area contributed by atoms with Crippen LogP contribution in [0.4, 0.5) is 0 Å². The van der Waals surface area contributed by atoms with Gasteiger partial charge in [0.1, 0.15) is 13.2 Å². The number of carbonyl (C=O) groups excluding carboxylic acids is 3. The van der Waals surface area contributed by atoms with Gasteiger partial charge >= 0.3 is 17.9 Å². The average molecular weight is 661 g/mol. The summed E-state index contributed by atoms with van der Waals surface area (Å²) in [5.41, 5.74) is 0. The standard InChI is InChI=1S/C41H72O6/c1-4-7-10-13-16-17-18-19-20-21-22-23-26-28-31-34-40(43)46-37-38(47-41(44)35-32-29-25-15-12-9-6-3)36-45-39(42)33-30-27-24-14-11-8-5-2/h7,10,16-17,19-20,38H,4-6,8-9,11-15,18,21-37H2,1-3H3/b10-7-,17-16-,20-19-. The number of hydrogen-bond acceptors (Lipinski definition) is 6. The van der Waals surface area contributed by atoms with Gasteiger partial charge in [0.25, 0.3) is 0 Å². The Balaban J connectivity index is 4.30. The Hall–Kier alpha value is -2.37. The van der Waals surface area contributed by atoms with Crippen molar-refractivity contribution in [3.63, 3.8) is 0 Å². The summed E-state index contributed by atoms with van der Waals surface area (Å²) in [5, 5.41) is 0. The third-order valence-corrected chi connectivity index (χ3v) is 8.16. The molecule has 47 heavy (non-hydrogen) atoms. The second kappa shape index (κ2) is 36.5. The first-order valence-electron chi connectivity index (χ1n) is 19.5. The van der Waals surface area contributed by atoms with Gasteiger partial charge in [0, 0.05) is 19.3 Å². The van der Waals surface area contributed by atoms with Crippen molar-refractivity contribution in [2.24, 2.45) is 0 Å². The van der Waals surface area contributed by atoms with E-state index in [0.29, 0.717) is 19.3 Å². The molecule has 0 radical (unpaired) electrons. The van der Waals surface area contributed by atoms with Crippen molar-refractivity contribution in [1.82, 2.24) is 0 Å². The maximum Gasteiger partial charge on any atom is 0.306 e. The lowest BCUT2D eigenvalue weighted by Crippen LogP contribution is -2.30. The minimum atomic E-state index is -0.768. The molecule has 1 atom stereocenters. The van der Waals surface area contributed by atoms with Gasteiger partial charge in [-0.1, -0.05) is 154 Å². The van der Waals surface area contributed by atoms with E-state index in [0.717, 1.165) is 96.3 Å². The van der Waals surface area contributed by atoms with Crippen LogP contribution >= 0.6 is 0 Å². The Bertz CT molecular complexity index is 815. The predicted octanol–water partition coefficient (Wildman–Crippen LogP) is 11.9. The molecule has 1 unspecified atom stereocenters. The van der Waals surface area contributed by atoms with Gasteiger partial charge in [0.2, 0.25) is 0 Å². The number of rotatable bonds is 34. The Morgan fingerprint density at radius 3 is 1.30 bits per heavy atom. The molecule has 6 nitrogen and oxygen atoms in total. The molecular weight excluding hydrogens is 588 g/mol. The molecule has 0 N–H and O–H groups in total. The number of esters is 3. The summed E-state index contributed by atoms with van der Waals surface area (Å²) in [6.07, 6.45) is 38.6. The monoisotopic (exact) mass is 661 g/mol. The topological polar surface area (TPSA) is 78.9 Å². The van der Waals surface area contributed by atoms with Gasteiger partial charge in [-0.25, -0.2) is 0 Å². The smallest absolute Gasteiger partial charge is 0.306 e. The highest BCUT2D eigenvalue weighted by Gasteiger charge is 2.19. The van der Waals surface area contributed by atoms with E-state index in [1.807, 2.05) is 0 Å². The van der Waals surface area contributed by atoms with E-state index >= 15 is 0 Å². The Morgan fingerprint density at radius 1 is 0.447 bits per heavy atom. The van der Waals surface area contributed by atoms with Crippen LogP contribution in [0.25, 0.3) is 0 Å². The molecule has 6 heteroatoms. The molecule has 0 aromatic heterocycles. The van der Waals surface area contributed by atoms with E-state index in [4.69, 9.17) is 14.2 Å². The minimum absolute atomic E-state index is 0.0770. The number of ether oxygens (including phenoxy) is 3. The zero-order valence-electron chi connectivity index (χ0n) is 30.8. The van der Waals surface area contributed by atoms with Crippen molar-refractivity contribution in [3.8, 4) is 0 Å². The summed E-state index contributed by atoms with van der Waals surface area (Å²) in [4.78, 5) is 37.2. The summed E-state index contributed by atoms with van der Waals surface area (Å²) < 4.78 is 16.5. The molecule has 0 aliphatic heterocycles. The van der Waals surface area contributed by atoms with Crippen molar-refractivity contribution in [2.75, 3.05) is 13.2 Å². The molecule has 0 saturated carbocycles. The highest BCUT2D eigenvalue weighted by Crippen LogP contribution is 2.13. The van der Waals surface area contributed by atoms with E-state index in [9.17, 15) is 14.4 Å². The quantitative estimate of drug-likeness (QED) is 0.0296. The van der Waals surface area contributed by atoms with E-state index in [-0.39, 0.29) is 31.1 Å². The normalized spacial score (nSPS) is 12.3. The fourth-order valence-electron chi connectivity index (χ4n) is 5.22. The van der Waals surface area contributed by atoms with E-state index < -0.39 is 6.10 Å². The van der Waals surface area contributed by atoms with E-state index in [1.165, 1.54) is 51.4 Å². The lowest BCUT2D eigenvalue weighted by Gasteiger charge is -2.18. The van der Waals surface area contributed by atoms with Gasteiger partial charge in [-0.15, -0.1) is 0 Å². The summed E-state index contributed by atoms with van der Waals surface area (Å²) >= 11 is 0. The van der Waals surface area contributed by atoms with Crippen LogP contribution in [0.15, 0.2) is 36.5 Å². The second-order valence-electron chi connectivity index (χ2n) is 12.8. The van der Waals surface area contributed by atoms with Gasteiger partial charge in [0.05, 0.1) is 0 Å². The van der Waals surface area contributed by atoms with E-state index in [1.54, 1.807) is 0 Å². The largest absolute Gasteiger partial charge is 0.462 e. The summed E-state index contributed by atoms with van der Waals surface area (Å²) in [6.45, 7) is 6.40. The summed E-state index contributed by atoms with van der Waals surface area (Å²) in [7, 11) is 0. The molecular formula is C41H72O6. The maximum atomic E-state index is 12.5. The fraction of sp³-hybridized carbons (Fsp3) is 0.780. The van der Waals surface area contributed by atoms with E-state index in [2.05, 4.69) is 57.2 Å². The van der Waals surface area contributed by atoms with Crippen LogP contribution in [-0.2, 0) is 28.6 Å². The van der Waals surface area contributed by atoms with Gasteiger partial charge < -0.3 is 14.2 Å². The Kier molecular flexibility index (Phi) is 34.6. The molecule has 0 aliphatic carbocycles. The molecule has 0 aromatic carbocycles. The van der Waals surface area contributed by atoms with Gasteiger partial charge in [-0.05, 0) is 51.4 Å². The second-order valence-corrected chi connectivity index (χ2v) is 12.8. The zero-order chi connectivity index (χ0) is 34.5. The highest BCUT2D eigenvalue weighted by atomic mass is 16.6. The van der Waals surface area contributed by atoms with Crippen molar-refractivity contribution in [2.45, 2.75) is 194 Å². The van der Waals surface area contributed by atoms with Crippen LogP contribution in [0.3, 0.4) is 0 Å². The van der Waals surface area contributed by atoms with Crippen LogP contribution < -0.4 is 0 Å². The van der Waals surface area contributed by atoms with Crippen molar-refractivity contribution >= 4 is 17.9 Å². The molecule has 0 amide bonds. The Morgan fingerprint density at radius 2 is 0.830 bits per heavy atom. The third kappa shape index (κ3) is 34.8. The van der Waals surface area contributed by atoms with Crippen LogP contribution in [-0.4, -0.2) is 37.2 Å². The van der Waals surface area contributed by atoms with Gasteiger partial charge in [0.15, 0.2) is 6.10 Å². The van der Waals surface area contributed by atoms with Crippen LogP contribution in [0.1, 0.15) is 188 Å². The molecule has 0 bridgehead atoms. The molecule has 0 saturated heterocycles. The number of hydrogen-bond donors (Lipinski definition) is 0. The SMILES string of the molecule is CC/C=C\C/C=C\C/C=C\CCCCCCCC(=O)OCC(COC(=O)CCCCCCCCC)OC(=O)CCCCCCCCC. The first kappa shape index (κ1) is 44.6. The summed E-state index contributed by atoms with van der Waals surface area (Å²) in [6, 6.07) is 0. The lowest BCUT2D eigenvalue weighted by molar-refractivity contribution is -0.167. The zero-order valence-corrected chi connectivity index (χ0v) is 30.8. The third-order valence-electron chi connectivity index (χ3n) is 8.16. The number of allylic oxidation sites excluding steroid dienone is 6. The first-order valence-corrected chi connectivity index (χ1v) is 19.5. The predicted molar refractivity (Wildman–Crippen MR) is 196 cm³/mol. The first-order chi connectivity index (χ1) is 23.0. The molecule has 0 aromatic rings. The average Bonchev–Trinajstić information content (AvgIpc) is 3.06. The molecule has 0 rings (SSSR count). The molecule has 0 heterocycles. The fourth-order valence-corrected chi connectivity index (χ4v) is 5.22. The lowest BCUT2D eigenvalue weighted by atomic mass is 10.1. The van der Waals surface area contributed by atoms with Crippen LogP contribution in [0, 0.1) is 0 Å². The molecule has 0 fully saturated rings. The van der Waals surface area contributed by atoms with Crippen LogP contribution in [0.5, 0.6) is 0 Å². The van der Waals surface area contributed by atoms with Crippen molar-refractivity contribution in [3.05, 3.63) is 36.5 Å². The van der Waals surface area contributed by atoms with Crippen molar-refractivity contribution < 1.29 is 28.6 Å². The highest BCUT2D eigenvalue weighted by molar-refractivity contribution is 5.71. The maximum absolute atomic E-state index is 12.5. The number of unbranched alkanes of at least 4 members (excludes halogenated alkanes) is 17. The Labute approximate surface area is 289 Å². The summed E-state index contributed by atoms with van der Waals surface area (Å²) in [5.74, 6) is -0.914. The molecule has 272 valence electrons. The van der Waals surface area contributed by atoms with Crippen molar-refractivity contribution in [1.29, 1.82) is 0 Å². The molecule has 0 aliphatic rings. The molecule has 0 spiro atoms. The van der Waals surface area contributed by atoms with Gasteiger partial charge in [-0.3, -0.25) is 14.4 Å². The van der Waals surface area contributed by atoms with Gasteiger partial charge in [-0.2, -0.15) is 0 Å². The number of carbonyl (C=O) groups is 3. The van der Waals surface area contributed by atoms with Crippen LogP contribution in [0.2, 0.25) is 0 Å². The minimum Gasteiger partial charge on any atom is -0.462 e.